The normalized spacial score (nSPS) is 18.2. The molecule has 16 heavy (non-hydrogen) atoms. The van der Waals surface area contributed by atoms with Gasteiger partial charge in [-0.2, -0.15) is 0 Å². The number of anilines is 1. The first-order chi connectivity index (χ1) is 7.83. The number of nitrogens with zero attached hydrogens (tertiary/aromatic N) is 1. The van der Waals surface area contributed by atoms with Crippen molar-refractivity contribution in [3.05, 3.63) is 30.3 Å². The highest BCUT2D eigenvalue weighted by Gasteiger charge is 2.17. The number of para-hydroxylation sites is 1. The van der Waals surface area contributed by atoms with Gasteiger partial charge in [-0.1, -0.05) is 18.2 Å². The van der Waals surface area contributed by atoms with E-state index in [0.717, 1.165) is 25.9 Å². The Bertz CT molecular complexity index is 448. The third kappa shape index (κ3) is 1.67. The first-order valence-corrected chi connectivity index (χ1v) is 5.91. The molecule has 3 N–H and O–H groups in total. The van der Waals surface area contributed by atoms with Crippen molar-refractivity contribution in [2.75, 3.05) is 18.0 Å². The number of benzene rings is 1. The van der Waals surface area contributed by atoms with Gasteiger partial charge in [-0.25, -0.2) is 0 Å². The summed E-state index contributed by atoms with van der Waals surface area (Å²) in [6.07, 6.45) is 2.19. The van der Waals surface area contributed by atoms with E-state index in [2.05, 4.69) is 40.2 Å². The molecule has 0 bridgehead atoms. The Hall–Kier alpha value is -1.48. The van der Waals surface area contributed by atoms with Crippen molar-refractivity contribution in [2.24, 2.45) is 5.73 Å². The average molecular weight is 215 g/mol. The molecule has 1 aliphatic heterocycles. The summed E-state index contributed by atoms with van der Waals surface area (Å²) in [6.45, 7) is 2.13. The molecule has 3 nitrogen and oxygen atoms in total. The lowest BCUT2D eigenvalue weighted by molar-refractivity contribution is 0.499. The maximum atomic E-state index is 5.91. The molecule has 1 aliphatic rings. The minimum absolute atomic E-state index is 0.389. The van der Waals surface area contributed by atoms with Crippen molar-refractivity contribution in [2.45, 2.75) is 18.9 Å². The van der Waals surface area contributed by atoms with Crippen LogP contribution >= 0.6 is 0 Å². The van der Waals surface area contributed by atoms with Crippen molar-refractivity contribution in [3.63, 3.8) is 0 Å². The molecule has 1 fully saturated rings. The lowest BCUT2D eigenvalue weighted by Gasteiger charge is -2.30. The second-order valence-electron chi connectivity index (χ2n) is 4.57. The van der Waals surface area contributed by atoms with Crippen LogP contribution in [0.15, 0.2) is 30.3 Å². The van der Waals surface area contributed by atoms with Crippen molar-refractivity contribution < 1.29 is 0 Å². The number of nitrogens with one attached hydrogen (secondary N) is 1. The van der Waals surface area contributed by atoms with E-state index in [9.17, 15) is 0 Å². The summed E-state index contributed by atoms with van der Waals surface area (Å²) in [5.74, 6) is 1.23. The molecule has 0 saturated carbocycles. The predicted molar refractivity (Wildman–Crippen MR) is 67.7 cm³/mol. The molecule has 0 radical (unpaired) electrons. The van der Waals surface area contributed by atoms with Gasteiger partial charge in [-0.15, -0.1) is 0 Å². The summed E-state index contributed by atoms with van der Waals surface area (Å²) in [6, 6.07) is 11.0. The van der Waals surface area contributed by atoms with Gasteiger partial charge in [0.2, 0.25) is 0 Å². The van der Waals surface area contributed by atoms with E-state index in [1.165, 1.54) is 16.7 Å². The van der Waals surface area contributed by atoms with E-state index in [0.29, 0.717) is 6.04 Å². The fraction of sp³-hybridized carbons (Fsp3) is 0.385. The highest BCUT2D eigenvalue weighted by atomic mass is 15.2. The van der Waals surface area contributed by atoms with Crippen LogP contribution in [0.2, 0.25) is 0 Å². The molecule has 84 valence electrons. The minimum atomic E-state index is 0.389. The van der Waals surface area contributed by atoms with Crippen molar-refractivity contribution in [1.29, 1.82) is 0 Å². The molecule has 1 aromatic carbocycles. The summed E-state index contributed by atoms with van der Waals surface area (Å²) >= 11 is 0. The number of fused-ring (bicyclic) bond motifs is 1. The first-order valence-electron chi connectivity index (χ1n) is 5.91. The lowest BCUT2D eigenvalue weighted by atomic mass is 10.1. The van der Waals surface area contributed by atoms with Crippen LogP contribution < -0.4 is 10.6 Å². The topological polar surface area (TPSA) is 45.0 Å². The quantitative estimate of drug-likeness (QED) is 0.765. The molecule has 0 spiro atoms. The van der Waals surface area contributed by atoms with E-state index in [1.807, 2.05) is 0 Å². The van der Waals surface area contributed by atoms with Crippen LogP contribution in [0.25, 0.3) is 10.9 Å². The lowest BCUT2D eigenvalue weighted by Crippen LogP contribution is -2.39. The Labute approximate surface area is 95.2 Å². The number of hydrogen-bond acceptors (Lipinski definition) is 2. The van der Waals surface area contributed by atoms with Gasteiger partial charge in [-0.05, 0) is 25.0 Å². The molecule has 0 aliphatic carbocycles. The third-order valence-corrected chi connectivity index (χ3v) is 3.40. The largest absolute Gasteiger partial charge is 0.358 e. The minimum Gasteiger partial charge on any atom is -0.358 e. The summed E-state index contributed by atoms with van der Waals surface area (Å²) in [7, 11) is 0. The summed E-state index contributed by atoms with van der Waals surface area (Å²) in [5.41, 5.74) is 7.13. The molecule has 2 heterocycles. The Morgan fingerprint density at radius 3 is 2.69 bits per heavy atom. The Morgan fingerprint density at radius 1 is 1.19 bits per heavy atom. The zero-order valence-corrected chi connectivity index (χ0v) is 9.32. The van der Waals surface area contributed by atoms with Crippen LogP contribution in [0.5, 0.6) is 0 Å². The molecular weight excluding hydrogens is 198 g/mol. The Balaban J connectivity index is 1.88. The highest BCUT2D eigenvalue weighted by molar-refractivity contribution is 5.83. The van der Waals surface area contributed by atoms with E-state index in [-0.39, 0.29) is 0 Å². The van der Waals surface area contributed by atoms with Gasteiger partial charge in [0.15, 0.2) is 0 Å². The van der Waals surface area contributed by atoms with Crippen LogP contribution in [0.1, 0.15) is 12.8 Å². The van der Waals surface area contributed by atoms with Crippen molar-refractivity contribution >= 4 is 16.7 Å². The van der Waals surface area contributed by atoms with Gasteiger partial charge in [0.05, 0.1) is 0 Å². The molecular formula is C13H17N3. The van der Waals surface area contributed by atoms with E-state index in [4.69, 9.17) is 5.73 Å². The second kappa shape index (κ2) is 3.83. The maximum Gasteiger partial charge on any atom is 0.106 e. The van der Waals surface area contributed by atoms with Gasteiger partial charge in [0.1, 0.15) is 5.82 Å². The van der Waals surface area contributed by atoms with Crippen molar-refractivity contribution in [1.82, 2.24) is 4.98 Å². The Kier molecular flexibility index (Phi) is 2.33. The number of hydrogen-bond donors (Lipinski definition) is 2. The van der Waals surface area contributed by atoms with Crippen LogP contribution in [-0.4, -0.2) is 24.1 Å². The number of nitrogens with two attached hydrogens (primary N) is 1. The SMILES string of the molecule is NC1CCN(c2cc3ccccc3[nH]2)CC1. The monoisotopic (exact) mass is 215 g/mol. The van der Waals surface area contributed by atoms with E-state index < -0.39 is 0 Å². The van der Waals surface area contributed by atoms with Crippen LogP contribution in [0.3, 0.4) is 0 Å². The first kappa shape index (κ1) is 9.73. The predicted octanol–water partition coefficient (Wildman–Crippen LogP) is 2.10. The number of H-pyrrole nitrogens is 1. The Morgan fingerprint density at radius 2 is 1.94 bits per heavy atom. The molecule has 1 aromatic heterocycles. The zero-order chi connectivity index (χ0) is 11.0. The number of piperidine rings is 1. The van der Waals surface area contributed by atoms with Gasteiger partial charge < -0.3 is 15.6 Å². The molecule has 0 amide bonds. The standard InChI is InChI=1S/C13H17N3/c14-11-5-7-16(8-6-11)13-9-10-3-1-2-4-12(10)15-13/h1-4,9,11,15H,5-8,14H2. The van der Waals surface area contributed by atoms with Crippen LogP contribution in [0.4, 0.5) is 5.82 Å². The molecule has 3 heteroatoms. The number of aromatic nitrogens is 1. The summed E-state index contributed by atoms with van der Waals surface area (Å²) in [5, 5.41) is 1.28. The van der Waals surface area contributed by atoms with Gasteiger partial charge in [0, 0.05) is 30.0 Å². The summed E-state index contributed by atoms with van der Waals surface area (Å²) < 4.78 is 0. The van der Waals surface area contributed by atoms with Gasteiger partial charge in [0.25, 0.3) is 0 Å². The average Bonchev–Trinajstić information content (AvgIpc) is 2.73. The van der Waals surface area contributed by atoms with Gasteiger partial charge >= 0.3 is 0 Å². The fourth-order valence-corrected chi connectivity index (χ4v) is 2.37. The molecule has 3 rings (SSSR count). The highest BCUT2D eigenvalue weighted by Crippen LogP contribution is 2.23. The molecule has 0 atom stereocenters. The van der Waals surface area contributed by atoms with E-state index >= 15 is 0 Å². The van der Waals surface area contributed by atoms with Crippen molar-refractivity contribution in [3.8, 4) is 0 Å². The van der Waals surface area contributed by atoms with E-state index in [1.54, 1.807) is 0 Å². The van der Waals surface area contributed by atoms with Gasteiger partial charge in [-0.3, -0.25) is 0 Å². The molecule has 2 aromatic rings. The fourth-order valence-electron chi connectivity index (χ4n) is 2.37. The summed E-state index contributed by atoms with van der Waals surface area (Å²) in [4.78, 5) is 5.86. The van der Waals surface area contributed by atoms with Crippen LogP contribution in [0, 0.1) is 0 Å². The number of aromatic amines is 1. The third-order valence-electron chi connectivity index (χ3n) is 3.40. The second-order valence-corrected chi connectivity index (χ2v) is 4.57. The molecule has 1 saturated heterocycles. The van der Waals surface area contributed by atoms with Crippen LogP contribution in [-0.2, 0) is 0 Å². The maximum absolute atomic E-state index is 5.91. The smallest absolute Gasteiger partial charge is 0.106 e. The number of rotatable bonds is 1. The molecule has 0 unspecified atom stereocenters. The zero-order valence-electron chi connectivity index (χ0n) is 9.32.